The van der Waals surface area contributed by atoms with Crippen molar-refractivity contribution in [2.75, 3.05) is 18.1 Å². The van der Waals surface area contributed by atoms with E-state index in [1.165, 1.54) is 0 Å². The number of hydrogen-bond acceptors (Lipinski definition) is 4. The van der Waals surface area contributed by atoms with Crippen LogP contribution in [0.4, 0.5) is 0 Å². The first-order valence-electron chi connectivity index (χ1n) is 6.66. The molecule has 2 atom stereocenters. The zero-order chi connectivity index (χ0) is 13.3. The quantitative estimate of drug-likeness (QED) is 0.796. The minimum atomic E-state index is -2.92. The largest absolute Gasteiger partial charge is 0.337 e. The molecule has 2 rings (SSSR count). The fourth-order valence-electron chi connectivity index (χ4n) is 2.84. The number of piperidine rings is 1. The molecule has 5 nitrogen and oxygen atoms in total. The molecule has 1 amide bonds. The van der Waals surface area contributed by atoms with Crippen LogP contribution in [-0.2, 0) is 14.6 Å². The van der Waals surface area contributed by atoms with Gasteiger partial charge >= 0.3 is 0 Å². The average Bonchev–Trinajstić information content (AvgIpc) is 2.61. The minimum absolute atomic E-state index is 0.0806. The molecular weight excluding hydrogens is 252 g/mol. The van der Waals surface area contributed by atoms with Gasteiger partial charge in [0.25, 0.3) is 0 Å². The van der Waals surface area contributed by atoms with Gasteiger partial charge in [-0.15, -0.1) is 0 Å². The molecule has 2 unspecified atom stereocenters. The molecule has 1 N–H and O–H groups in total. The van der Waals surface area contributed by atoms with Gasteiger partial charge in [-0.25, -0.2) is 8.42 Å². The lowest BCUT2D eigenvalue weighted by atomic mass is 10.0. The molecule has 0 radical (unpaired) electrons. The van der Waals surface area contributed by atoms with E-state index in [9.17, 15) is 13.2 Å². The fourth-order valence-corrected chi connectivity index (χ4v) is 4.57. The number of rotatable bonds is 3. The summed E-state index contributed by atoms with van der Waals surface area (Å²) in [5.41, 5.74) is 0. The molecule has 2 fully saturated rings. The van der Waals surface area contributed by atoms with Gasteiger partial charge in [-0.3, -0.25) is 4.79 Å². The lowest BCUT2D eigenvalue weighted by Gasteiger charge is -2.37. The van der Waals surface area contributed by atoms with Crippen molar-refractivity contribution >= 4 is 15.7 Å². The van der Waals surface area contributed by atoms with Crippen LogP contribution in [0.3, 0.4) is 0 Å². The predicted molar refractivity (Wildman–Crippen MR) is 70.1 cm³/mol. The Balaban J connectivity index is 2.03. The third-order valence-corrected chi connectivity index (χ3v) is 5.41. The van der Waals surface area contributed by atoms with Gasteiger partial charge in [0.15, 0.2) is 9.84 Å². The van der Waals surface area contributed by atoms with E-state index in [0.29, 0.717) is 13.0 Å². The standard InChI is InChI=1S/C12H22N2O3S/c1-9(2)13-11-4-3-6-14(12(11)15)10-5-7-18(16,17)8-10/h9-11,13H,3-8H2,1-2H3. The third-order valence-electron chi connectivity index (χ3n) is 3.66. The van der Waals surface area contributed by atoms with Gasteiger partial charge in [0.1, 0.15) is 0 Å². The van der Waals surface area contributed by atoms with Crippen molar-refractivity contribution < 1.29 is 13.2 Å². The Kier molecular flexibility index (Phi) is 3.96. The zero-order valence-corrected chi connectivity index (χ0v) is 11.9. The predicted octanol–water partition coefficient (Wildman–Crippen LogP) is 0.163. The van der Waals surface area contributed by atoms with Crippen LogP contribution in [0.15, 0.2) is 0 Å². The summed E-state index contributed by atoms with van der Waals surface area (Å²) in [6.07, 6.45) is 2.40. The molecule has 2 aliphatic rings. The van der Waals surface area contributed by atoms with E-state index in [-0.39, 0.29) is 35.5 Å². The van der Waals surface area contributed by atoms with E-state index < -0.39 is 9.84 Å². The van der Waals surface area contributed by atoms with Crippen LogP contribution in [0.1, 0.15) is 33.1 Å². The van der Waals surface area contributed by atoms with Crippen LogP contribution >= 0.6 is 0 Å². The number of amides is 1. The highest BCUT2D eigenvalue weighted by atomic mass is 32.2. The molecule has 0 saturated carbocycles. The van der Waals surface area contributed by atoms with Gasteiger partial charge in [0, 0.05) is 18.6 Å². The van der Waals surface area contributed by atoms with Crippen molar-refractivity contribution in [2.24, 2.45) is 0 Å². The highest BCUT2D eigenvalue weighted by molar-refractivity contribution is 7.91. The second kappa shape index (κ2) is 5.17. The highest BCUT2D eigenvalue weighted by Gasteiger charge is 2.38. The summed E-state index contributed by atoms with van der Waals surface area (Å²) in [6.45, 7) is 4.74. The number of likely N-dealkylation sites (tertiary alicyclic amines) is 1. The summed E-state index contributed by atoms with van der Waals surface area (Å²) in [5.74, 6) is 0.452. The monoisotopic (exact) mass is 274 g/mol. The Bertz CT molecular complexity index is 419. The van der Waals surface area contributed by atoms with Crippen molar-refractivity contribution in [1.29, 1.82) is 0 Å². The summed E-state index contributed by atoms with van der Waals surface area (Å²) in [4.78, 5) is 14.1. The smallest absolute Gasteiger partial charge is 0.239 e. The molecule has 18 heavy (non-hydrogen) atoms. The molecular formula is C12H22N2O3S. The van der Waals surface area contributed by atoms with Gasteiger partial charge < -0.3 is 10.2 Å². The van der Waals surface area contributed by atoms with E-state index in [1.54, 1.807) is 4.90 Å². The first-order valence-corrected chi connectivity index (χ1v) is 8.48. The highest BCUT2D eigenvalue weighted by Crippen LogP contribution is 2.22. The van der Waals surface area contributed by atoms with Gasteiger partial charge in [0.05, 0.1) is 17.5 Å². The normalized spacial score (nSPS) is 32.2. The number of hydrogen-bond donors (Lipinski definition) is 1. The number of sulfone groups is 1. The maximum absolute atomic E-state index is 12.3. The van der Waals surface area contributed by atoms with E-state index in [4.69, 9.17) is 0 Å². The second-order valence-corrected chi connectivity index (χ2v) is 7.83. The topological polar surface area (TPSA) is 66.5 Å². The van der Waals surface area contributed by atoms with Crippen LogP contribution < -0.4 is 5.32 Å². The summed E-state index contributed by atoms with van der Waals surface area (Å²) in [7, 11) is -2.92. The van der Waals surface area contributed by atoms with Gasteiger partial charge in [0.2, 0.25) is 5.91 Å². The Morgan fingerprint density at radius 1 is 1.33 bits per heavy atom. The van der Waals surface area contributed by atoms with Crippen LogP contribution in [0.2, 0.25) is 0 Å². The van der Waals surface area contributed by atoms with Gasteiger partial charge in [-0.1, -0.05) is 13.8 Å². The lowest BCUT2D eigenvalue weighted by molar-refractivity contribution is -0.138. The van der Waals surface area contributed by atoms with E-state index in [2.05, 4.69) is 5.32 Å². The minimum Gasteiger partial charge on any atom is -0.337 e. The maximum Gasteiger partial charge on any atom is 0.239 e. The molecule has 0 bridgehead atoms. The van der Waals surface area contributed by atoms with Crippen molar-refractivity contribution in [3.05, 3.63) is 0 Å². The molecule has 0 aromatic rings. The summed E-state index contributed by atoms with van der Waals surface area (Å²) in [5, 5.41) is 3.26. The van der Waals surface area contributed by atoms with Crippen molar-refractivity contribution in [2.45, 2.75) is 51.2 Å². The van der Waals surface area contributed by atoms with Crippen molar-refractivity contribution in [3.63, 3.8) is 0 Å². The zero-order valence-electron chi connectivity index (χ0n) is 11.1. The first kappa shape index (κ1) is 13.8. The Labute approximate surface area is 109 Å². The Morgan fingerprint density at radius 2 is 2.06 bits per heavy atom. The number of carbonyl (C=O) groups is 1. The fraction of sp³-hybridized carbons (Fsp3) is 0.917. The molecule has 6 heteroatoms. The van der Waals surface area contributed by atoms with E-state index in [1.807, 2.05) is 13.8 Å². The molecule has 0 aromatic carbocycles. The number of nitrogens with zero attached hydrogens (tertiary/aromatic N) is 1. The molecule has 2 heterocycles. The summed E-state index contributed by atoms with van der Waals surface area (Å²) >= 11 is 0. The van der Waals surface area contributed by atoms with Crippen molar-refractivity contribution in [1.82, 2.24) is 10.2 Å². The average molecular weight is 274 g/mol. The Hall–Kier alpha value is -0.620. The van der Waals surface area contributed by atoms with Crippen LogP contribution in [0.25, 0.3) is 0 Å². The van der Waals surface area contributed by atoms with E-state index >= 15 is 0 Å². The molecule has 2 aliphatic heterocycles. The molecule has 104 valence electrons. The number of nitrogens with one attached hydrogen (secondary N) is 1. The summed E-state index contributed by atoms with van der Waals surface area (Å²) < 4.78 is 23.0. The molecule has 0 aliphatic carbocycles. The molecule has 0 aromatic heterocycles. The van der Waals surface area contributed by atoms with Crippen LogP contribution in [0.5, 0.6) is 0 Å². The van der Waals surface area contributed by atoms with Crippen LogP contribution in [-0.4, -0.2) is 55.4 Å². The molecule has 2 saturated heterocycles. The maximum atomic E-state index is 12.3. The van der Waals surface area contributed by atoms with E-state index in [0.717, 1.165) is 12.8 Å². The number of carbonyl (C=O) groups excluding carboxylic acids is 1. The Morgan fingerprint density at radius 3 is 2.61 bits per heavy atom. The summed E-state index contributed by atoms with van der Waals surface area (Å²) in [6, 6.07) is 0.0347. The van der Waals surface area contributed by atoms with Gasteiger partial charge in [-0.2, -0.15) is 0 Å². The second-order valence-electron chi connectivity index (χ2n) is 5.60. The first-order chi connectivity index (χ1) is 8.39. The third kappa shape index (κ3) is 3.03. The SMILES string of the molecule is CC(C)NC1CCCN(C2CCS(=O)(=O)C2)C1=O. The van der Waals surface area contributed by atoms with Gasteiger partial charge in [-0.05, 0) is 19.3 Å². The van der Waals surface area contributed by atoms with Crippen LogP contribution in [0, 0.1) is 0 Å². The molecule has 0 spiro atoms. The van der Waals surface area contributed by atoms with Crippen molar-refractivity contribution in [3.8, 4) is 0 Å². The lowest BCUT2D eigenvalue weighted by Crippen LogP contribution is -2.55.